The number of hydrogen-bond donors (Lipinski definition) is 1. The molecule has 0 radical (unpaired) electrons. The molecule has 7 heteroatoms. The number of benzene rings is 2. The number of likely N-dealkylation sites (tertiary alicyclic amines) is 1. The number of nitrogens with zero attached hydrogens (tertiary/aromatic N) is 3. The molecule has 7 nitrogen and oxygen atoms in total. The van der Waals surface area contributed by atoms with Crippen LogP contribution in [0.4, 0.5) is 4.79 Å². The summed E-state index contributed by atoms with van der Waals surface area (Å²) in [7, 11) is 0. The van der Waals surface area contributed by atoms with Gasteiger partial charge < -0.3 is 10.2 Å². The van der Waals surface area contributed by atoms with E-state index in [0.29, 0.717) is 30.1 Å². The summed E-state index contributed by atoms with van der Waals surface area (Å²) in [6.07, 6.45) is 2.81. The predicted octanol–water partition coefficient (Wildman–Crippen LogP) is 2.81. The van der Waals surface area contributed by atoms with Crippen LogP contribution in [-0.2, 0) is 21.5 Å². The van der Waals surface area contributed by atoms with Gasteiger partial charge in [-0.05, 0) is 55.4 Å². The van der Waals surface area contributed by atoms with Crippen LogP contribution >= 0.6 is 0 Å². The molecule has 2 saturated heterocycles. The molecule has 0 spiro atoms. The van der Waals surface area contributed by atoms with E-state index in [2.05, 4.69) is 17.4 Å². The maximum absolute atomic E-state index is 13.1. The third-order valence-electron chi connectivity index (χ3n) is 6.49. The third kappa shape index (κ3) is 4.22. The van der Waals surface area contributed by atoms with Crippen LogP contribution < -0.4 is 5.32 Å². The lowest BCUT2D eigenvalue weighted by Crippen LogP contribution is -2.46. The van der Waals surface area contributed by atoms with Crippen LogP contribution in [0, 0.1) is 17.2 Å². The Morgan fingerprint density at radius 3 is 2.38 bits per heavy atom. The summed E-state index contributed by atoms with van der Waals surface area (Å²) in [4.78, 5) is 41.2. The van der Waals surface area contributed by atoms with Crippen molar-refractivity contribution in [3.8, 4) is 6.07 Å². The minimum atomic E-state index is -1.26. The molecule has 1 atom stereocenters. The van der Waals surface area contributed by atoms with Crippen LogP contribution in [-0.4, -0.2) is 47.3 Å². The standard InChI is InChI=1S/C25H26N4O3/c1-25(21-9-7-20(16-26)8-10-21)23(31)29(24(32)27-25)17-22(30)28-13-11-19(12-14-28)15-18-5-3-2-4-6-18/h2-10,19H,11-15,17H2,1H3,(H,27,32). The fourth-order valence-corrected chi connectivity index (χ4v) is 4.48. The number of urea groups is 1. The second-order valence-electron chi connectivity index (χ2n) is 8.65. The normalized spacial score (nSPS) is 21.4. The van der Waals surface area contributed by atoms with Crippen molar-refractivity contribution in [3.63, 3.8) is 0 Å². The maximum atomic E-state index is 13.1. The summed E-state index contributed by atoms with van der Waals surface area (Å²) in [6.45, 7) is 2.62. The highest BCUT2D eigenvalue weighted by atomic mass is 16.2. The number of nitrogens with one attached hydrogen (secondary N) is 1. The van der Waals surface area contributed by atoms with Gasteiger partial charge in [-0.25, -0.2) is 4.79 Å². The minimum absolute atomic E-state index is 0.212. The molecule has 32 heavy (non-hydrogen) atoms. The Hall–Kier alpha value is -3.66. The van der Waals surface area contributed by atoms with Crippen molar-refractivity contribution in [1.29, 1.82) is 5.26 Å². The van der Waals surface area contributed by atoms with Gasteiger partial charge in [0, 0.05) is 13.1 Å². The zero-order chi connectivity index (χ0) is 22.7. The first-order valence-corrected chi connectivity index (χ1v) is 10.9. The number of nitriles is 1. The van der Waals surface area contributed by atoms with Crippen LogP contribution in [0.3, 0.4) is 0 Å². The first-order valence-electron chi connectivity index (χ1n) is 10.9. The van der Waals surface area contributed by atoms with Crippen molar-refractivity contribution >= 4 is 17.8 Å². The second kappa shape index (κ2) is 8.83. The first kappa shape index (κ1) is 21.6. The van der Waals surface area contributed by atoms with Gasteiger partial charge in [-0.2, -0.15) is 5.26 Å². The van der Waals surface area contributed by atoms with Gasteiger partial charge in [0.1, 0.15) is 12.1 Å². The fourth-order valence-electron chi connectivity index (χ4n) is 4.48. The van der Waals surface area contributed by atoms with Crippen molar-refractivity contribution in [3.05, 3.63) is 71.3 Å². The summed E-state index contributed by atoms with van der Waals surface area (Å²) >= 11 is 0. The molecule has 2 aliphatic rings. The Morgan fingerprint density at radius 2 is 1.75 bits per heavy atom. The van der Waals surface area contributed by atoms with Crippen LogP contribution in [0.15, 0.2) is 54.6 Å². The number of imide groups is 1. The van der Waals surface area contributed by atoms with E-state index in [9.17, 15) is 14.4 Å². The van der Waals surface area contributed by atoms with Crippen LogP contribution in [0.25, 0.3) is 0 Å². The lowest BCUT2D eigenvalue weighted by molar-refractivity contribution is -0.139. The summed E-state index contributed by atoms with van der Waals surface area (Å²) in [6, 6.07) is 18.3. The van der Waals surface area contributed by atoms with Crippen LogP contribution in [0.2, 0.25) is 0 Å². The molecule has 2 aromatic carbocycles. The topological polar surface area (TPSA) is 93.5 Å². The lowest BCUT2D eigenvalue weighted by atomic mass is 9.90. The van der Waals surface area contributed by atoms with Crippen LogP contribution in [0.5, 0.6) is 0 Å². The lowest BCUT2D eigenvalue weighted by Gasteiger charge is -2.33. The molecule has 1 N–H and O–H groups in total. The summed E-state index contributed by atoms with van der Waals surface area (Å²) in [5.74, 6) is -0.145. The Balaban J connectivity index is 1.35. The van der Waals surface area contributed by atoms with Gasteiger partial charge in [0.25, 0.3) is 5.91 Å². The molecule has 0 aliphatic carbocycles. The first-order chi connectivity index (χ1) is 15.4. The Bertz CT molecular complexity index is 1050. The molecule has 164 valence electrons. The predicted molar refractivity (Wildman–Crippen MR) is 118 cm³/mol. The number of piperidine rings is 1. The van der Waals surface area contributed by atoms with Gasteiger partial charge in [0.2, 0.25) is 5.91 Å². The molecule has 0 aromatic heterocycles. The molecule has 0 saturated carbocycles. The second-order valence-corrected chi connectivity index (χ2v) is 8.65. The van der Waals surface area contributed by atoms with Gasteiger partial charge in [0.15, 0.2) is 0 Å². The Labute approximate surface area is 187 Å². The fraction of sp³-hybridized carbons (Fsp3) is 0.360. The number of amides is 4. The van der Waals surface area contributed by atoms with Crippen molar-refractivity contribution in [2.24, 2.45) is 5.92 Å². The van der Waals surface area contributed by atoms with E-state index in [4.69, 9.17) is 5.26 Å². The zero-order valence-electron chi connectivity index (χ0n) is 18.1. The third-order valence-corrected chi connectivity index (χ3v) is 6.49. The van der Waals surface area contributed by atoms with Gasteiger partial charge >= 0.3 is 6.03 Å². The van der Waals surface area contributed by atoms with Gasteiger partial charge in [-0.1, -0.05) is 42.5 Å². The molecule has 4 rings (SSSR count). The average molecular weight is 431 g/mol. The highest BCUT2D eigenvalue weighted by Crippen LogP contribution is 2.29. The number of rotatable bonds is 5. The van der Waals surface area contributed by atoms with E-state index in [0.717, 1.165) is 24.2 Å². The molecule has 2 fully saturated rings. The van der Waals surface area contributed by atoms with Crippen LogP contribution in [0.1, 0.15) is 36.5 Å². The van der Waals surface area contributed by atoms with E-state index in [-0.39, 0.29) is 12.5 Å². The smallest absolute Gasteiger partial charge is 0.325 e. The quantitative estimate of drug-likeness (QED) is 0.738. The number of hydrogen-bond acceptors (Lipinski definition) is 4. The van der Waals surface area contributed by atoms with E-state index in [1.807, 2.05) is 24.3 Å². The summed E-state index contributed by atoms with van der Waals surface area (Å²) in [5.41, 5.74) is 1.09. The summed E-state index contributed by atoms with van der Waals surface area (Å²) < 4.78 is 0. The molecule has 2 aliphatic heterocycles. The number of carbonyl (C=O) groups is 3. The molecular weight excluding hydrogens is 404 g/mol. The van der Waals surface area contributed by atoms with Gasteiger partial charge in [-0.3, -0.25) is 14.5 Å². The highest BCUT2D eigenvalue weighted by Gasteiger charge is 2.49. The van der Waals surface area contributed by atoms with Crippen molar-refractivity contribution in [2.75, 3.05) is 19.6 Å². The largest absolute Gasteiger partial charge is 0.341 e. The molecule has 4 amide bonds. The molecule has 1 unspecified atom stereocenters. The molecule has 0 bridgehead atoms. The summed E-state index contributed by atoms with van der Waals surface area (Å²) in [5, 5.41) is 11.7. The van der Waals surface area contributed by atoms with Gasteiger partial charge in [0.05, 0.1) is 11.6 Å². The molecule has 2 heterocycles. The van der Waals surface area contributed by atoms with Crippen molar-refractivity contribution in [1.82, 2.24) is 15.1 Å². The maximum Gasteiger partial charge on any atom is 0.325 e. The van der Waals surface area contributed by atoms with Gasteiger partial charge in [-0.15, -0.1) is 0 Å². The molecular formula is C25H26N4O3. The SMILES string of the molecule is CC1(c2ccc(C#N)cc2)NC(=O)N(CC(=O)N2CCC(Cc3ccccc3)CC2)C1=O. The zero-order valence-corrected chi connectivity index (χ0v) is 18.1. The van der Waals surface area contributed by atoms with Crippen molar-refractivity contribution < 1.29 is 14.4 Å². The monoisotopic (exact) mass is 430 g/mol. The van der Waals surface area contributed by atoms with E-state index in [1.165, 1.54) is 5.56 Å². The van der Waals surface area contributed by atoms with E-state index in [1.54, 1.807) is 36.1 Å². The van der Waals surface area contributed by atoms with Crippen molar-refractivity contribution in [2.45, 2.75) is 31.7 Å². The van der Waals surface area contributed by atoms with E-state index < -0.39 is 17.5 Å². The average Bonchev–Trinajstić information content (AvgIpc) is 3.04. The molecule has 2 aromatic rings. The Morgan fingerprint density at radius 1 is 1.09 bits per heavy atom. The highest BCUT2D eigenvalue weighted by molar-refractivity contribution is 6.09. The minimum Gasteiger partial charge on any atom is -0.341 e. The number of carbonyl (C=O) groups excluding carboxylic acids is 3. The Kier molecular flexibility index (Phi) is 5.95. The van der Waals surface area contributed by atoms with E-state index >= 15 is 0 Å².